The standard InChI is InChI=1S/C9H15N3O/c1-5-2-9(13)6(3-7(5)11)8(12)4-10/h2-3,8,13H,4,10-12H2,1H3. The maximum absolute atomic E-state index is 9.53. The smallest absolute Gasteiger partial charge is 0.120 e. The van der Waals surface area contributed by atoms with E-state index in [1.54, 1.807) is 12.1 Å². The van der Waals surface area contributed by atoms with E-state index < -0.39 is 0 Å². The molecule has 0 aliphatic heterocycles. The Kier molecular flexibility index (Phi) is 2.75. The average molecular weight is 181 g/mol. The van der Waals surface area contributed by atoms with Crippen LogP contribution in [-0.2, 0) is 0 Å². The molecule has 1 atom stereocenters. The van der Waals surface area contributed by atoms with Crippen molar-refractivity contribution in [1.29, 1.82) is 0 Å². The van der Waals surface area contributed by atoms with Gasteiger partial charge in [-0.15, -0.1) is 0 Å². The van der Waals surface area contributed by atoms with Crippen molar-refractivity contribution in [3.05, 3.63) is 23.3 Å². The molecular weight excluding hydrogens is 166 g/mol. The Bertz CT molecular complexity index is 312. The largest absolute Gasteiger partial charge is 0.508 e. The number of phenols is 1. The number of nitrogen functional groups attached to an aromatic ring is 1. The first-order chi connectivity index (χ1) is 6.06. The predicted molar refractivity (Wildman–Crippen MR) is 53.2 cm³/mol. The van der Waals surface area contributed by atoms with Crippen LogP contribution < -0.4 is 17.2 Å². The van der Waals surface area contributed by atoms with Crippen LogP contribution in [0.25, 0.3) is 0 Å². The molecule has 4 nitrogen and oxygen atoms in total. The van der Waals surface area contributed by atoms with Crippen LogP contribution in [0.1, 0.15) is 17.2 Å². The second kappa shape index (κ2) is 3.64. The van der Waals surface area contributed by atoms with Crippen LogP contribution in [0.3, 0.4) is 0 Å². The van der Waals surface area contributed by atoms with Crippen molar-refractivity contribution in [2.45, 2.75) is 13.0 Å². The third-order valence-electron chi connectivity index (χ3n) is 2.07. The molecule has 0 heterocycles. The van der Waals surface area contributed by atoms with Crippen molar-refractivity contribution < 1.29 is 5.11 Å². The number of phenolic OH excluding ortho intramolecular Hbond substituents is 1. The Morgan fingerprint density at radius 1 is 1.46 bits per heavy atom. The average Bonchev–Trinajstić information content (AvgIpc) is 2.10. The molecule has 1 rings (SSSR count). The van der Waals surface area contributed by atoms with Crippen LogP contribution in [-0.4, -0.2) is 11.7 Å². The summed E-state index contributed by atoms with van der Waals surface area (Å²) in [7, 11) is 0. The number of benzene rings is 1. The van der Waals surface area contributed by atoms with Crippen LogP contribution in [0.2, 0.25) is 0 Å². The lowest BCUT2D eigenvalue weighted by Crippen LogP contribution is -2.21. The maximum Gasteiger partial charge on any atom is 0.120 e. The fourth-order valence-electron chi connectivity index (χ4n) is 1.15. The third kappa shape index (κ3) is 1.91. The first-order valence-corrected chi connectivity index (χ1v) is 4.11. The molecule has 1 aromatic rings. The van der Waals surface area contributed by atoms with Gasteiger partial charge in [0, 0.05) is 23.8 Å². The van der Waals surface area contributed by atoms with Crippen molar-refractivity contribution in [1.82, 2.24) is 0 Å². The van der Waals surface area contributed by atoms with Crippen LogP contribution in [0.15, 0.2) is 12.1 Å². The molecule has 0 aliphatic rings. The Morgan fingerprint density at radius 2 is 2.08 bits per heavy atom. The number of hydrogen-bond acceptors (Lipinski definition) is 4. The van der Waals surface area contributed by atoms with E-state index in [1.165, 1.54) is 0 Å². The first kappa shape index (κ1) is 9.83. The summed E-state index contributed by atoms with van der Waals surface area (Å²) in [6.07, 6.45) is 0. The van der Waals surface area contributed by atoms with E-state index in [0.717, 1.165) is 5.56 Å². The highest BCUT2D eigenvalue weighted by atomic mass is 16.3. The molecule has 0 spiro atoms. The van der Waals surface area contributed by atoms with Gasteiger partial charge in [-0.25, -0.2) is 0 Å². The molecule has 1 aromatic carbocycles. The van der Waals surface area contributed by atoms with Crippen molar-refractivity contribution in [3.63, 3.8) is 0 Å². The van der Waals surface area contributed by atoms with Gasteiger partial charge in [-0.3, -0.25) is 0 Å². The van der Waals surface area contributed by atoms with Gasteiger partial charge in [0.25, 0.3) is 0 Å². The Morgan fingerprint density at radius 3 is 2.62 bits per heavy atom. The molecule has 13 heavy (non-hydrogen) atoms. The van der Waals surface area contributed by atoms with E-state index in [-0.39, 0.29) is 18.3 Å². The van der Waals surface area contributed by atoms with E-state index in [4.69, 9.17) is 17.2 Å². The number of anilines is 1. The molecule has 7 N–H and O–H groups in total. The molecule has 0 amide bonds. The highest BCUT2D eigenvalue weighted by molar-refractivity contribution is 5.54. The molecule has 4 heteroatoms. The van der Waals surface area contributed by atoms with Crippen molar-refractivity contribution in [2.24, 2.45) is 11.5 Å². The van der Waals surface area contributed by atoms with Crippen LogP contribution >= 0.6 is 0 Å². The minimum Gasteiger partial charge on any atom is -0.508 e. The highest BCUT2D eigenvalue weighted by Gasteiger charge is 2.10. The van der Waals surface area contributed by atoms with Crippen LogP contribution in [0.4, 0.5) is 5.69 Å². The van der Waals surface area contributed by atoms with Gasteiger partial charge in [0.15, 0.2) is 0 Å². The minimum absolute atomic E-state index is 0.157. The zero-order chi connectivity index (χ0) is 10.0. The fraction of sp³-hybridized carbons (Fsp3) is 0.333. The summed E-state index contributed by atoms with van der Waals surface area (Å²) in [5.74, 6) is 0.157. The molecule has 72 valence electrons. The zero-order valence-electron chi connectivity index (χ0n) is 7.62. The molecule has 0 aliphatic carbocycles. The molecular formula is C9H15N3O. The summed E-state index contributed by atoms with van der Waals surface area (Å²) in [5.41, 5.74) is 18.8. The van der Waals surface area contributed by atoms with E-state index in [1.807, 2.05) is 6.92 Å². The van der Waals surface area contributed by atoms with Gasteiger partial charge in [-0.2, -0.15) is 0 Å². The summed E-state index contributed by atoms with van der Waals surface area (Å²) in [4.78, 5) is 0. The summed E-state index contributed by atoms with van der Waals surface area (Å²) >= 11 is 0. The van der Waals surface area contributed by atoms with Gasteiger partial charge >= 0.3 is 0 Å². The SMILES string of the molecule is Cc1cc(O)c(C(N)CN)cc1N. The Hall–Kier alpha value is -1.26. The van der Waals surface area contributed by atoms with Crippen LogP contribution in [0.5, 0.6) is 5.75 Å². The molecule has 0 bridgehead atoms. The third-order valence-corrected chi connectivity index (χ3v) is 2.07. The number of nitrogens with two attached hydrogens (primary N) is 3. The maximum atomic E-state index is 9.53. The number of hydrogen-bond donors (Lipinski definition) is 4. The molecule has 0 saturated carbocycles. The fourth-order valence-corrected chi connectivity index (χ4v) is 1.15. The lowest BCUT2D eigenvalue weighted by Gasteiger charge is -2.13. The van der Waals surface area contributed by atoms with Gasteiger partial charge in [-0.1, -0.05) is 0 Å². The summed E-state index contributed by atoms with van der Waals surface area (Å²) in [6, 6.07) is 2.91. The number of rotatable bonds is 2. The van der Waals surface area contributed by atoms with E-state index in [0.29, 0.717) is 11.3 Å². The minimum atomic E-state index is -0.358. The highest BCUT2D eigenvalue weighted by Crippen LogP contribution is 2.27. The van der Waals surface area contributed by atoms with Gasteiger partial charge in [0.2, 0.25) is 0 Å². The van der Waals surface area contributed by atoms with Gasteiger partial charge in [0.1, 0.15) is 5.75 Å². The first-order valence-electron chi connectivity index (χ1n) is 4.11. The quantitative estimate of drug-likeness (QED) is 0.388. The molecule has 1 unspecified atom stereocenters. The number of aryl methyl sites for hydroxylation is 1. The van der Waals surface area contributed by atoms with Crippen molar-refractivity contribution in [3.8, 4) is 5.75 Å². The summed E-state index contributed by atoms with van der Waals surface area (Å²) in [5, 5.41) is 9.53. The van der Waals surface area contributed by atoms with Gasteiger partial charge in [-0.05, 0) is 24.6 Å². The summed E-state index contributed by atoms with van der Waals surface area (Å²) < 4.78 is 0. The lowest BCUT2D eigenvalue weighted by molar-refractivity contribution is 0.461. The van der Waals surface area contributed by atoms with Gasteiger partial charge in [0.05, 0.1) is 0 Å². The van der Waals surface area contributed by atoms with E-state index in [9.17, 15) is 5.11 Å². The second-order valence-electron chi connectivity index (χ2n) is 3.11. The van der Waals surface area contributed by atoms with Crippen LogP contribution in [0, 0.1) is 6.92 Å². The zero-order valence-corrected chi connectivity index (χ0v) is 7.62. The monoisotopic (exact) mass is 181 g/mol. The summed E-state index contributed by atoms with van der Waals surface area (Å²) in [6.45, 7) is 2.11. The second-order valence-corrected chi connectivity index (χ2v) is 3.11. The lowest BCUT2D eigenvalue weighted by atomic mass is 10.0. The van der Waals surface area contributed by atoms with Crippen molar-refractivity contribution in [2.75, 3.05) is 12.3 Å². The normalized spacial score (nSPS) is 12.8. The van der Waals surface area contributed by atoms with E-state index in [2.05, 4.69) is 0 Å². The topological polar surface area (TPSA) is 98.3 Å². The van der Waals surface area contributed by atoms with Gasteiger partial charge < -0.3 is 22.3 Å². The molecule has 0 aromatic heterocycles. The Labute approximate surface area is 77.3 Å². The van der Waals surface area contributed by atoms with E-state index >= 15 is 0 Å². The number of aromatic hydroxyl groups is 1. The molecule has 0 saturated heterocycles. The predicted octanol–water partition coefficient (Wildman–Crippen LogP) is 0.241. The Balaban J connectivity index is 3.15. The van der Waals surface area contributed by atoms with Crippen molar-refractivity contribution >= 4 is 5.69 Å². The molecule has 0 fully saturated rings. The molecule has 0 radical (unpaired) electrons.